The molecule has 32 heavy (non-hydrogen) atoms. The van der Waals surface area contributed by atoms with Crippen LogP contribution in [0.2, 0.25) is 0 Å². The zero-order valence-corrected chi connectivity index (χ0v) is 21.2. The van der Waals surface area contributed by atoms with Crippen LogP contribution in [0.25, 0.3) is 32.8 Å². The van der Waals surface area contributed by atoms with Gasteiger partial charge in [-0.15, -0.1) is 23.6 Å². The van der Waals surface area contributed by atoms with Gasteiger partial charge in [0.25, 0.3) is 0 Å². The molecule has 3 nitrogen and oxygen atoms in total. The van der Waals surface area contributed by atoms with E-state index in [2.05, 4.69) is 75.4 Å². The summed E-state index contributed by atoms with van der Waals surface area (Å²) in [5.74, 6) is -0.637. The predicted molar refractivity (Wildman–Crippen MR) is 127 cm³/mol. The number of allylic oxidation sites excluding steroid dienone is 2. The summed E-state index contributed by atoms with van der Waals surface area (Å²) in [5.41, 5.74) is 6.16. The molecular formula is C28H26IrNO2-. The maximum atomic E-state index is 10.2. The zero-order valence-electron chi connectivity index (χ0n) is 19.8. The first kappa shape index (κ1) is 22.4. The number of pyridine rings is 1. The van der Waals surface area contributed by atoms with Crippen molar-refractivity contribution < 1.29 is 31.4 Å². The van der Waals surface area contributed by atoms with Gasteiger partial charge in [0.1, 0.15) is 0 Å². The molecule has 165 valence electrons. The molecule has 0 amide bonds. The summed E-state index contributed by atoms with van der Waals surface area (Å²) in [7, 11) is 0. The van der Waals surface area contributed by atoms with Crippen molar-refractivity contribution in [3.63, 3.8) is 0 Å². The van der Waals surface area contributed by atoms with Gasteiger partial charge in [0.05, 0.1) is 7.13 Å². The maximum Gasteiger partial charge on any atom is 0.155 e. The fraction of sp³-hybridized carbons (Fsp3) is 0.214. The molecular weight excluding hydrogens is 575 g/mol. The van der Waals surface area contributed by atoms with Crippen LogP contribution in [0, 0.1) is 13.0 Å². The minimum Gasteiger partial charge on any atom is -0.512 e. The number of carbonyl (C=O) groups is 1. The summed E-state index contributed by atoms with van der Waals surface area (Å²) in [6, 6.07) is 20.8. The standard InChI is InChI=1S/C23H18N.C5H8O2.Ir/c1-14-10-17-8-9-24-22-18-12-15-6-4-5-7-16(15)13-19(18)23(2,3)20(11-14)21(17)22;1-4(6)3-5(2)7;/h4-11,13H,1-3H3;3,6H,1-2H3;/q-1;;/b;4-3-;/i;3D;. The van der Waals surface area contributed by atoms with Crippen molar-refractivity contribution in [2.24, 2.45) is 0 Å². The van der Waals surface area contributed by atoms with Crippen molar-refractivity contribution in [2.75, 3.05) is 0 Å². The summed E-state index contributed by atoms with van der Waals surface area (Å²) in [4.78, 5) is 14.9. The number of rotatable bonds is 1. The van der Waals surface area contributed by atoms with E-state index in [0.29, 0.717) is 0 Å². The quantitative estimate of drug-likeness (QED) is 0.148. The molecule has 4 aromatic rings. The Kier molecular flexibility index (Phi) is 6.28. The summed E-state index contributed by atoms with van der Waals surface area (Å²) >= 11 is 0. The van der Waals surface area contributed by atoms with Gasteiger partial charge in [-0.1, -0.05) is 66.3 Å². The van der Waals surface area contributed by atoms with Crippen LogP contribution < -0.4 is 0 Å². The van der Waals surface area contributed by atoms with Crippen LogP contribution in [0.3, 0.4) is 0 Å². The molecule has 0 fully saturated rings. The van der Waals surface area contributed by atoms with Crippen LogP contribution in [-0.4, -0.2) is 15.9 Å². The van der Waals surface area contributed by atoms with Crippen LogP contribution in [0.5, 0.6) is 0 Å². The molecule has 3 aromatic carbocycles. The second kappa shape index (κ2) is 8.97. The Hall–Kier alpha value is -2.81. The predicted octanol–water partition coefficient (Wildman–Crippen LogP) is 6.84. The van der Waals surface area contributed by atoms with Gasteiger partial charge in [0.2, 0.25) is 0 Å². The number of aromatic nitrogens is 1. The molecule has 1 radical (unpaired) electrons. The van der Waals surface area contributed by atoms with E-state index in [9.17, 15) is 4.79 Å². The molecule has 0 saturated heterocycles. The third-order valence-corrected chi connectivity index (χ3v) is 5.74. The van der Waals surface area contributed by atoms with E-state index in [1.54, 1.807) is 0 Å². The second-order valence-electron chi connectivity index (χ2n) is 8.61. The van der Waals surface area contributed by atoms with Crippen molar-refractivity contribution in [1.82, 2.24) is 4.98 Å². The van der Waals surface area contributed by atoms with Gasteiger partial charge in [0, 0.05) is 38.0 Å². The molecule has 1 heterocycles. The number of hydrogen-bond acceptors (Lipinski definition) is 3. The topological polar surface area (TPSA) is 50.2 Å². The molecule has 4 heteroatoms. The molecule has 0 atom stereocenters. The normalized spacial score (nSPS) is 14.3. The SMILES string of the molecule is Cc1cc2c3c(nccc3c1)-c1[c-]c3ccccc3cc1C2(C)C.[2H]/C(C(C)=O)=C(\C)O.[Ir]. The van der Waals surface area contributed by atoms with Crippen LogP contribution in [0.4, 0.5) is 0 Å². The third-order valence-electron chi connectivity index (χ3n) is 5.74. The Labute approximate surface area is 204 Å². The molecule has 1 aliphatic rings. The first-order chi connectivity index (χ1) is 15.1. The smallest absolute Gasteiger partial charge is 0.155 e. The van der Waals surface area contributed by atoms with Gasteiger partial charge in [-0.25, -0.2) is 0 Å². The average Bonchev–Trinajstić information content (AvgIpc) is 2.76. The van der Waals surface area contributed by atoms with Crippen molar-refractivity contribution >= 4 is 27.3 Å². The van der Waals surface area contributed by atoms with Crippen molar-refractivity contribution in [3.05, 3.63) is 89.3 Å². The minimum atomic E-state index is -0.412. The van der Waals surface area contributed by atoms with E-state index in [1.807, 2.05) is 6.20 Å². The summed E-state index contributed by atoms with van der Waals surface area (Å²) in [6.07, 6.45) is 1.92. The van der Waals surface area contributed by atoms with Crippen LogP contribution >= 0.6 is 0 Å². The number of ketones is 1. The number of aryl methyl sites for hydroxylation is 1. The molecule has 0 aliphatic heterocycles. The number of carbonyl (C=O) groups excluding carboxylic acids is 1. The second-order valence-corrected chi connectivity index (χ2v) is 8.61. The van der Waals surface area contributed by atoms with Gasteiger partial charge in [0.15, 0.2) is 5.78 Å². The van der Waals surface area contributed by atoms with Crippen LogP contribution in [0.1, 0.15) is 45.8 Å². The average molecular weight is 602 g/mol. The Morgan fingerprint density at radius 2 is 1.81 bits per heavy atom. The molecule has 0 bridgehead atoms. The molecule has 0 saturated carbocycles. The summed E-state index contributed by atoms with van der Waals surface area (Å²) in [5, 5.41) is 13.4. The monoisotopic (exact) mass is 602 g/mol. The Bertz CT molecular complexity index is 1420. The summed E-state index contributed by atoms with van der Waals surface area (Å²) < 4.78 is 6.76. The summed E-state index contributed by atoms with van der Waals surface area (Å²) in [6.45, 7) is 9.36. The molecule has 1 aliphatic carbocycles. The van der Waals surface area contributed by atoms with Crippen molar-refractivity contribution in [3.8, 4) is 11.3 Å². The number of aliphatic hydroxyl groups is 1. The van der Waals surface area contributed by atoms with Gasteiger partial charge >= 0.3 is 0 Å². The number of nitrogens with zero attached hydrogens (tertiary/aromatic N) is 1. The van der Waals surface area contributed by atoms with E-state index in [0.717, 1.165) is 16.6 Å². The first-order valence-corrected chi connectivity index (χ1v) is 10.3. The minimum absolute atomic E-state index is 0. The third kappa shape index (κ3) is 4.26. The van der Waals surface area contributed by atoms with E-state index in [4.69, 9.17) is 11.5 Å². The van der Waals surface area contributed by atoms with Gasteiger partial charge in [-0.2, -0.15) is 0 Å². The Morgan fingerprint density at radius 1 is 1.09 bits per heavy atom. The van der Waals surface area contributed by atoms with Gasteiger partial charge in [-0.05, 0) is 48.6 Å². The number of fused-ring (bicyclic) bond motifs is 3. The number of benzene rings is 3. The fourth-order valence-electron chi connectivity index (χ4n) is 4.40. The molecule has 1 aromatic heterocycles. The van der Waals surface area contributed by atoms with Crippen LogP contribution in [-0.2, 0) is 30.3 Å². The van der Waals surface area contributed by atoms with E-state index in [1.165, 1.54) is 46.7 Å². The van der Waals surface area contributed by atoms with E-state index < -0.39 is 5.78 Å². The van der Waals surface area contributed by atoms with Gasteiger partial charge < -0.3 is 5.11 Å². The van der Waals surface area contributed by atoms with Crippen molar-refractivity contribution in [2.45, 2.75) is 40.0 Å². The number of aliphatic hydroxyl groups excluding tert-OH is 1. The first-order valence-electron chi connectivity index (χ1n) is 10.8. The largest absolute Gasteiger partial charge is 0.512 e. The molecule has 1 N–H and O–H groups in total. The van der Waals surface area contributed by atoms with E-state index in [-0.39, 0.29) is 37.3 Å². The fourth-order valence-corrected chi connectivity index (χ4v) is 4.40. The molecule has 0 unspecified atom stereocenters. The van der Waals surface area contributed by atoms with Crippen LogP contribution in [0.15, 0.2) is 66.5 Å². The molecule has 5 rings (SSSR count). The van der Waals surface area contributed by atoms with Gasteiger partial charge in [-0.3, -0.25) is 9.78 Å². The zero-order chi connectivity index (χ0) is 23.2. The Balaban J connectivity index is 0.000000297. The van der Waals surface area contributed by atoms with E-state index >= 15 is 0 Å². The Morgan fingerprint density at radius 3 is 2.47 bits per heavy atom. The van der Waals surface area contributed by atoms with Crippen molar-refractivity contribution in [1.29, 1.82) is 0 Å². The number of hydrogen-bond donors (Lipinski definition) is 1. The molecule has 0 spiro atoms. The maximum absolute atomic E-state index is 10.2.